The van der Waals surface area contributed by atoms with Crippen LogP contribution in [-0.2, 0) is 4.79 Å². The van der Waals surface area contributed by atoms with Crippen molar-refractivity contribution in [1.29, 1.82) is 0 Å². The van der Waals surface area contributed by atoms with E-state index in [0.717, 1.165) is 33.5 Å². The van der Waals surface area contributed by atoms with Crippen molar-refractivity contribution in [3.05, 3.63) is 60.8 Å². The number of nitrogens with zero attached hydrogens (tertiary/aromatic N) is 3. The van der Waals surface area contributed by atoms with E-state index in [4.69, 9.17) is 9.47 Å². The third-order valence-electron chi connectivity index (χ3n) is 5.68. The number of aromatic amines is 1. The van der Waals surface area contributed by atoms with Crippen LogP contribution in [0.2, 0.25) is 0 Å². The van der Waals surface area contributed by atoms with Gasteiger partial charge in [0.2, 0.25) is 5.88 Å². The summed E-state index contributed by atoms with van der Waals surface area (Å²) in [5.74, 6) is 1.77. The molecular formula is C24H23N5O3. The normalized spacial score (nSPS) is 15.9. The van der Waals surface area contributed by atoms with E-state index in [9.17, 15) is 4.79 Å². The number of rotatable bonds is 6. The highest BCUT2D eigenvalue weighted by molar-refractivity contribution is 6.00. The largest absolute Gasteiger partial charge is 0.497 e. The molecule has 1 atom stereocenters. The first-order chi connectivity index (χ1) is 15.7. The zero-order chi connectivity index (χ0) is 22.1. The number of hydrogen-bond donors (Lipinski definition) is 2. The van der Waals surface area contributed by atoms with Gasteiger partial charge in [-0.1, -0.05) is 18.2 Å². The lowest BCUT2D eigenvalue weighted by molar-refractivity contribution is -0.117. The van der Waals surface area contributed by atoms with Gasteiger partial charge in [-0.05, 0) is 42.3 Å². The number of hydrogen-bond acceptors (Lipinski definition) is 6. The number of ether oxygens (including phenoxy) is 2. The van der Waals surface area contributed by atoms with Crippen molar-refractivity contribution in [3.8, 4) is 22.8 Å². The summed E-state index contributed by atoms with van der Waals surface area (Å²) in [6.07, 6.45) is 2.46. The van der Waals surface area contributed by atoms with E-state index in [1.165, 1.54) is 0 Å². The van der Waals surface area contributed by atoms with Gasteiger partial charge >= 0.3 is 0 Å². The Bertz CT molecular complexity index is 1290. The monoisotopic (exact) mass is 429 g/mol. The van der Waals surface area contributed by atoms with Crippen molar-refractivity contribution in [2.75, 3.05) is 31.0 Å². The molecule has 1 fully saturated rings. The van der Waals surface area contributed by atoms with Crippen LogP contribution in [0.25, 0.3) is 22.0 Å². The third kappa shape index (κ3) is 3.60. The van der Waals surface area contributed by atoms with Crippen LogP contribution in [0.1, 0.15) is 6.42 Å². The molecule has 0 saturated carbocycles. The van der Waals surface area contributed by atoms with Crippen molar-refractivity contribution in [1.82, 2.24) is 15.2 Å². The van der Waals surface area contributed by atoms with Crippen LogP contribution in [0.15, 0.2) is 60.8 Å². The highest BCUT2D eigenvalue weighted by Crippen LogP contribution is 2.33. The van der Waals surface area contributed by atoms with Crippen molar-refractivity contribution < 1.29 is 14.3 Å². The van der Waals surface area contributed by atoms with Crippen molar-refractivity contribution in [3.63, 3.8) is 0 Å². The van der Waals surface area contributed by atoms with Gasteiger partial charge in [-0.25, -0.2) is 0 Å². The topological polar surface area (TPSA) is 92.4 Å². The highest BCUT2D eigenvalue weighted by Gasteiger charge is 2.33. The van der Waals surface area contributed by atoms with Gasteiger partial charge in [0.25, 0.3) is 5.91 Å². The number of pyridine rings is 1. The molecular weight excluding hydrogens is 406 g/mol. The van der Waals surface area contributed by atoms with Gasteiger partial charge in [0, 0.05) is 29.2 Å². The first-order valence-electron chi connectivity index (χ1n) is 10.4. The number of carbonyl (C=O) groups is 1. The van der Waals surface area contributed by atoms with Gasteiger partial charge in [0.05, 0.1) is 25.9 Å². The molecule has 162 valence electrons. The number of anilines is 2. The number of methoxy groups -OCH3 is 2. The predicted octanol–water partition coefficient (Wildman–Crippen LogP) is 3.86. The SMILES string of the molecule is COc1cccc(NC2CCN(c3ccc(-c4ccc5cn[nH]c5c4)c(OC)n3)C2=O)c1. The number of nitrogens with one attached hydrogen (secondary N) is 2. The molecule has 1 saturated heterocycles. The lowest BCUT2D eigenvalue weighted by Crippen LogP contribution is -2.33. The molecule has 0 aliphatic carbocycles. The molecule has 2 aromatic heterocycles. The van der Waals surface area contributed by atoms with Crippen molar-refractivity contribution >= 4 is 28.3 Å². The number of benzene rings is 2. The summed E-state index contributed by atoms with van der Waals surface area (Å²) in [6.45, 7) is 0.579. The second-order valence-electron chi connectivity index (χ2n) is 7.61. The van der Waals surface area contributed by atoms with Crippen LogP contribution >= 0.6 is 0 Å². The number of fused-ring (bicyclic) bond motifs is 1. The minimum atomic E-state index is -0.322. The maximum absolute atomic E-state index is 13.1. The highest BCUT2D eigenvalue weighted by atomic mass is 16.5. The summed E-state index contributed by atoms with van der Waals surface area (Å²) in [6, 6.07) is 17.1. The summed E-state index contributed by atoms with van der Waals surface area (Å²) in [5.41, 5.74) is 3.60. The van der Waals surface area contributed by atoms with E-state index in [-0.39, 0.29) is 11.9 Å². The van der Waals surface area contributed by atoms with Gasteiger partial charge in [0.1, 0.15) is 17.6 Å². The molecule has 1 amide bonds. The Morgan fingerprint density at radius 1 is 1.09 bits per heavy atom. The Balaban J connectivity index is 1.38. The van der Waals surface area contributed by atoms with E-state index < -0.39 is 0 Å². The van der Waals surface area contributed by atoms with Gasteiger partial charge in [-0.2, -0.15) is 10.1 Å². The van der Waals surface area contributed by atoms with Crippen LogP contribution in [0, 0.1) is 0 Å². The van der Waals surface area contributed by atoms with Gasteiger partial charge in [-0.15, -0.1) is 0 Å². The summed E-state index contributed by atoms with van der Waals surface area (Å²) < 4.78 is 10.8. The van der Waals surface area contributed by atoms with Crippen LogP contribution in [0.5, 0.6) is 11.6 Å². The molecule has 8 heteroatoms. The molecule has 4 aromatic rings. The molecule has 0 radical (unpaired) electrons. The molecule has 1 unspecified atom stereocenters. The fraction of sp³-hybridized carbons (Fsp3) is 0.208. The van der Waals surface area contributed by atoms with E-state index >= 15 is 0 Å². The molecule has 2 N–H and O–H groups in total. The van der Waals surface area contributed by atoms with Gasteiger partial charge in [-0.3, -0.25) is 14.8 Å². The van der Waals surface area contributed by atoms with Crippen molar-refractivity contribution in [2.45, 2.75) is 12.5 Å². The molecule has 5 rings (SSSR count). The van der Waals surface area contributed by atoms with Gasteiger partial charge in [0.15, 0.2) is 0 Å². The smallest absolute Gasteiger partial charge is 0.250 e. The van der Waals surface area contributed by atoms with Crippen LogP contribution in [0.4, 0.5) is 11.5 Å². The molecule has 0 bridgehead atoms. The predicted molar refractivity (Wildman–Crippen MR) is 123 cm³/mol. The standard InChI is InChI=1S/C24H23N5O3/c1-31-18-5-3-4-17(13-18)26-20-10-11-29(24(20)30)22-9-8-19(23(27-22)32-2)15-6-7-16-14-25-28-21(16)12-15/h3-9,12-14,20,26H,10-11H2,1-2H3,(H,25,28). The van der Waals surface area contributed by atoms with Crippen LogP contribution in [0.3, 0.4) is 0 Å². The zero-order valence-corrected chi connectivity index (χ0v) is 17.8. The fourth-order valence-corrected chi connectivity index (χ4v) is 4.02. The van der Waals surface area contributed by atoms with Gasteiger partial charge < -0.3 is 14.8 Å². The fourth-order valence-electron chi connectivity index (χ4n) is 4.02. The van der Waals surface area contributed by atoms with E-state index in [1.807, 2.05) is 54.6 Å². The van der Waals surface area contributed by atoms with Crippen LogP contribution in [-0.4, -0.2) is 47.9 Å². The first kappa shape index (κ1) is 19.9. The summed E-state index contributed by atoms with van der Waals surface area (Å²) in [5, 5.41) is 11.4. The summed E-state index contributed by atoms with van der Waals surface area (Å²) in [7, 11) is 3.21. The zero-order valence-electron chi connectivity index (χ0n) is 17.8. The Morgan fingerprint density at radius 3 is 2.84 bits per heavy atom. The molecule has 0 spiro atoms. The summed E-state index contributed by atoms with van der Waals surface area (Å²) in [4.78, 5) is 19.4. The minimum Gasteiger partial charge on any atom is -0.497 e. The molecule has 8 nitrogen and oxygen atoms in total. The second-order valence-corrected chi connectivity index (χ2v) is 7.61. The second kappa shape index (κ2) is 8.22. The van der Waals surface area contributed by atoms with E-state index in [1.54, 1.807) is 25.3 Å². The van der Waals surface area contributed by atoms with E-state index in [2.05, 4.69) is 20.5 Å². The maximum atomic E-state index is 13.1. The van der Waals surface area contributed by atoms with E-state index in [0.29, 0.717) is 24.7 Å². The Labute approximate surface area is 185 Å². The molecule has 1 aliphatic heterocycles. The maximum Gasteiger partial charge on any atom is 0.250 e. The number of amides is 1. The summed E-state index contributed by atoms with van der Waals surface area (Å²) >= 11 is 0. The average Bonchev–Trinajstić information content (AvgIpc) is 3.45. The molecule has 32 heavy (non-hydrogen) atoms. The molecule has 1 aliphatic rings. The van der Waals surface area contributed by atoms with Crippen molar-refractivity contribution in [2.24, 2.45) is 0 Å². The first-order valence-corrected chi connectivity index (χ1v) is 10.4. The Hall–Kier alpha value is -4.07. The number of H-pyrrole nitrogens is 1. The Morgan fingerprint density at radius 2 is 2.00 bits per heavy atom. The lowest BCUT2D eigenvalue weighted by Gasteiger charge is -2.18. The molecule has 3 heterocycles. The third-order valence-corrected chi connectivity index (χ3v) is 5.68. The minimum absolute atomic E-state index is 0.0194. The quantitative estimate of drug-likeness (QED) is 0.484. The lowest BCUT2D eigenvalue weighted by atomic mass is 10.1. The average molecular weight is 429 g/mol. The Kier molecular flexibility index (Phi) is 5.10. The number of aromatic nitrogens is 3. The number of carbonyl (C=O) groups excluding carboxylic acids is 1. The molecule has 2 aromatic carbocycles. The van der Waals surface area contributed by atoms with Crippen LogP contribution < -0.4 is 19.7 Å².